The van der Waals surface area contributed by atoms with Crippen LogP contribution in [0.2, 0.25) is 0 Å². The fourth-order valence-electron chi connectivity index (χ4n) is 3.01. The zero-order valence-electron chi connectivity index (χ0n) is 14.3. The average molecular weight is 349 g/mol. The van der Waals surface area contributed by atoms with E-state index in [-0.39, 0.29) is 5.91 Å². The van der Waals surface area contributed by atoms with E-state index in [1.807, 2.05) is 53.4 Å². The van der Waals surface area contributed by atoms with E-state index in [4.69, 9.17) is 9.15 Å². The van der Waals surface area contributed by atoms with Crippen LogP contribution in [0.25, 0.3) is 11.5 Å². The summed E-state index contributed by atoms with van der Waals surface area (Å²) in [6.07, 6.45) is 3.50. The first-order valence-electron chi connectivity index (χ1n) is 8.67. The van der Waals surface area contributed by atoms with Gasteiger partial charge in [-0.15, -0.1) is 10.2 Å². The summed E-state index contributed by atoms with van der Waals surface area (Å²) < 4.78 is 11.0. The predicted octanol–water partition coefficient (Wildman–Crippen LogP) is 3.55. The molecule has 4 rings (SSSR count). The molecular weight excluding hydrogens is 330 g/mol. The highest BCUT2D eigenvalue weighted by Crippen LogP contribution is 2.21. The zero-order valence-corrected chi connectivity index (χ0v) is 14.3. The van der Waals surface area contributed by atoms with E-state index in [0.717, 1.165) is 48.4 Å². The fourth-order valence-corrected chi connectivity index (χ4v) is 3.01. The monoisotopic (exact) mass is 349 g/mol. The van der Waals surface area contributed by atoms with Gasteiger partial charge < -0.3 is 14.1 Å². The van der Waals surface area contributed by atoms with Crippen molar-refractivity contribution >= 4 is 5.91 Å². The molecule has 1 aliphatic rings. The van der Waals surface area contributed by atoms with E-state index < -0.39 is 0 Å². The van der Waals surface area contributed by atoms with Crippen LogP contribution in [0.15, 0.2) is 59.3 Å². The number of aromatic nitrogens is 2. The number of nitrogens with zero attached hydrogens (tertiary/aromatic N) is 3. The van der Waals surface area contributed by atoms with Gasteiger partial charge in [-0.1, -0.05) is 12.1 Å². The molecule has 0 bridgehead atoms. The van der Waals surface area contributed by atoms with Crippen LogP contribution < -0.4 is 4.74 Å². The Bertz CT molecular complexity index is 852. The van der Waals surface area contributed by atoms with Gasteiger partial charge in [-0.05, 0) is 54.8 Å². The normalized spacial score (nSPS) is 13.8. The van der Waals surface area contributed by atoms with Gasteiger partial charge >= 0.3 is 0 Å². The van der Waals surface area contributed by atoms with Gasteiger partial charge in [0.15, 0.2) is 0 Å². The summed E-state index contributed by atoms with van der Waals surface area (Å²) >= 11 is 0. The number of carbonyl (C=O) groups excluding carboxylic acids is 1. The van der Waals surface area contributed by atoms with Crippen LogP contribution >= 0.6 is 0 Å². The van der Waals surface area contributed by atoms with E-state index >= 15 is 0 Å². The van der Waals surface area contributed by atoms with Crippen LogP contribution in [-0.2, 0) is 6.61 Å². The third-order valence-corrected chi connectivity index (χ3v) is 4.46. The van der Waals surface area contributed by atoms with Crippen LogP contribution in [0.4, 0.5) is 0 Å². The van der Waals surface area contributed by atoms with Gasteiger partial charge in [0.05, 0.1) is 0 Å². The Kier molecular flexibility index (Phi) is 4.64. The standard InChI is InChI=1S/C20H19N3O3/c24-20(23-11-1-2-12-23)17-5-3-15(4-6-17)13-25-18-9-7-16(8-10-18)19-22-21-14-26-19/h3-10,14H,1-2,11-13H2. The van der Waals surface area contributed by atoms with Gasteiger partial charge in [0.25, 0.3) is 5.91 Å². The summed E-state index contributed by atoms with van der Waals surface area (Å²) in [5.74, 6) is 1.35. The van der Waals surface area contributed by atoms with Crippen molar-refractivity contribution in [2.24, 2.45) is 0 Å². The first-order chi connectivity index (χ1) is 12.8. The zero-order chi connectivity index (χ0) is 17.8. The van der Waals surface area contributed by atoms with Crippen LogP contribution in [0.1, 0.15) is 28.8 Å². The van der Waals surface area contributed by atoms with Gasteiger partial charge in [-0.3, -0.25) is 4.79 Å². The lowest BCUT2D eigenvalue weighted by Crippen LogP contribution is -2.27. The third kappa shape index (κ3) is 3.59. The molecule has 2 aromatic carbocycles. The summed E-state index contributed by atoms with van der Waals surface area (Å²) in [6.45, 7) is 2.17. The van der Waals surface area contributed by atoms with Gasteiger partial charge in [0, 0.05) is 24.2 Å². The predicted molar refractivity (Wildman–Crippen MR) is 95.6 cm³/mol. The summed E-state index contributed by atoms with van der Waals surface area (Å²) in [5, 5.41) is 7.54. The summed E-state index contributed by atoms with van der Waals surface area (Å²) in [5.41, 5.74) is 2.60. The first-order valence-corrected chi connectivity index (χ1v) is 8.67. The number of likely N-dealkylation sites (tertiary alicyclic amines) is 1. The van der Waals surface area contributed by atoms with Gasteiger partial charge in [-0.2, -0.15) is 0 Å². The molecule has 0 atom stereocenters. The SMILES string of the molecule is O=C(c1ccc(COc2ccc(-c3nnco3)cc2)cc1)N1CCCC1. The molecule has 0 N–H and O–H groups in total. The molecule has 1 amide bonds. The Labute approximate surface area is 151 Å². The van der Waals surface area contributed by atoms with E-state index in [2.05, 4.69) is 10.2 Å². The summed E-state index contributed by atoms with van der Waals surface area (Å²) in [7, 11) is 0. The van der Waals surface area contributed by atoms with Crippen molar-refractivity contribution in [1.82, 2.24) is 15.1 Å². The van der Waals surface area contributed by atoms with E-state index in [9.17, 15) is 4.79 Å². The van der Waals surface area contributed by atoms with Gasteiger partial charge in [0.2, 0.25) is 12.3 Å². The van der Waals surface area contributed by atoms with E-state index in [0.29, 0.717) is 12.5 Å². The number of benzene rings is 2. The smallest absolute Gasteiger partial charge is 0.253 e. The van der Waals surface area contributed by atoms with Crippen LogP contribution in [-0.4, -0.2) is 34.1 Å². The van der Waals surface area contributed by atoms with Crippen molar-refractivity contribution in [2.45, 2.75) is 19.4 Å². The number of rotatable bonds is 5. The number of hydrogen-bond donors (Lipinski definition) is 0. The maximum absolute atomic E-state index is 12.3. The topological polar surface area (TPSA) is 68.5 Å². The van der Waals surface area contributed by atoms with Crippen molar-refractivity contribution in [3.8, 4) is 17.2 Å². The van der Waals surface area contributed by atoms with E-state index in [1.165, 1.54) is 6.39 Å². The van der Waals surface area contributed by atoms with Crippen molar-refractivity contribution in [3.63, 3.8) is 0 Å². The largest absolute Gasteiger partial charge is 0.489 e. The molecule has 3 aromatic rings. The van der Waals surface area contributed by atoms with Gasteiger partial charge in [-0.25, -0.2) is 0 Å². The molecule has 0 unspecified atom stereocenters. The molecule has 0 aliphatic carbocycles. The Balaban J connectivity index is 1.35. The quantitative estimate of drug-likeness (QED) is 0.704. The lowest BCUT2D eigenvalue weighted by molar-refractivity contribution is 0.0793. The molecule has 0 saturated carbocycles. The second-order valence-corrected chi connectivity index (χ2v) is 6.25. The average Bonchev–Trinajstić information content (AvgIpc) is 3.40. The first kappa shape index (κ1) is 16.3. The number of hydrogen-bond acceptors (Lipinski definition) is 5. The minimum absolute atomic E-state index is 0.117. The molecule has 1 fully saturated rings. The second kappa shape index (κ2) is 7.39. The molecule has 2 heterocycles. The molecule has 0 spiro atoms. The Morgan fingerprint density at radius 3 is 2.42 bits per heavy atom. The minimum Gasteiger partial charge on any atom is -0.489 e. The summed E-state index contributed by atoms with van der Waals surface area (Å²) in [6, 6.07) is 15.1. The Hall–Kier alpha value is -3.15. The number of amides is 1. The highest BCUT2D eigenvalue weighted by atomic mass is 16.5. The molecule has 132 valence electrons. The molecule has 1 aliphatic heterocycles. The van der Waals surface area contributed by atoms with Crippen LogP contribution in [0, 0.1) is 0 Å². The molecular formula is C20H19N3O3. The minimum atomic E-state index is 0.117. The Morgan fingerprint density at radius 1 is 1.04 bits per heavy atom. The van der Waals surface area contributed by atoms with Crippen LogP contribution in [0.3, 0.4) is 0 Å². The van der Waals surface area contributed by atoms with Crippen molar-refractivity contribution in [2.75, 3.05) is 13.1 Å². The Morgan fingerprint density at radius 2 is 1.77 bits per heavy atom. The van der Waals surface area contributed by atoms with Gasteiger partial charge in [0.1, 0.15) is 12.4 Å². The molecule has 26 heavy (non-hydrogen) atoms. The fraction of sp³-hybridized carbons (Fsp3) is 0.250. The highest BCUT2D eigenvalue weighted by molar-refractivity contribution is 5.94. The molecule has 0 radical (unpaired) electrons. The maximum atomic E-state index is 12.3. The van der Waals surface area contributed by atoms with Crippen molar-refractivity contribution in [1.29, 1.82) is 0 Å². The van der Waals surface area contributed by atoms with Crippen molar-refractivity contribution < 1.29 is 13.9 Å². The number of carbonyl (C=O) groups is 1. The molecule has 6 heteroatoms. The van der Waals surface area contributed by atoms with E-state index in [1.54, 1.807) is 0 Å². The lowest BCUT2D eigenvalue weighted by atomic mass is 10.1. The summed E-state index contributed by atoms with van der Waals surface area (Å²) in [4.78, 5) is 14.3. The highest BCUT2D eigenvalue weighted by Gasteiger charge is 2.19. The maximum Gasteiger partial charge on any atom is 0.253 e. The molecule has 1 saturated heterocycles. The second-order valence-electron chi connectivity index (χ2n) is 6.25. The molecule has 6 nitrogen and oxygen atoms in total. The lowest BCUT2D eigenvalue weighted by Gasteiger charge is -2.15. The number of ether oxygens (including phenoxy) is 1. The molecule has 1 aromatic heterocycles. The third-order valence-electron chi connectivity index (χ3n) is 4.46. The van der Waals surface area contributed by atoms with Crippen molar-refractivity contribution in [3.05, 3.63) is 66.1 Å². The van der Waals surface area contributed by atoms with Crippen LogP contribution in [0.5, 0.6) is 5.75 Å².